The fraction of sp³-hybridized carbons (Fsp3) is 0.431. The summed E-state index contributed by atoms with van der Waals surface area (Å²) in [6.45, 7) is 13.1. The van der Waals surface area contributed by atoms with Crippen LogP contribution >= 0.6 is 0 Å². The fourth-order valence-corrected chi connectivity index (χ4v) is 9.56. The number of amides is 5. The number of imide groups is 2. The number of allylic oxidation sites excluding steroid dienone is 4. The van der Waals surface area contributed by atoms with Crippen LogP contribution in [0.1, 0.15) is 115 Å². The average Bonchev–Trinajstić information content (AvgIpc) is 3.85. The zero-order valence-corrected chi connectivity index (χ0v) is 38.7. The summed E-state index contributed by atoms with van der Waals surface area (Å²) in [4.78, 5) is 100. The molecule has 16 nitrogen and oxygen atoms in total. The number of aromatic nitrogens is 3. The third-order valence-electron chi connectivity index (χ3n) is 13.1. The molecule has 1 atom stereocenters. The van der Waals surface area contributed by atoms with Crippen LogP contribution in [0.5, 0.6) is 0 Å². The molecule has 2 N–H and O–H groups in total. The molecule has 2 aromatic carbocycles. The van der Waals surface area contributed by atoms with E-state index in [2.05, 4.69) is 45.4 Å². The van der Waals surface area contributed by atoms with Gasteiger partial charge in [0, 0.05) is 100 Å². The summed E-state index contributed by atoms with van der Waals surface area (Å²) in [6, 6.07) is 12.2. The van der Waals surface area contributed by atoms with Crippen molar-refractivity contribution < 1.29 is 38.3 Å². The van der Waals surface area contributed by atoms with E-state index >= 15 is 0 Å². The van der Waals surface area contributed by atoms with Crippen molar-refractivity contribution in [1.82, 2.24) is 35.2 Å². The van der Waals surface area contributed by atoms with Gasteiger partial charge in [0.1, 0.15) is 11.9 Å². The zero-order chi connectivity index (χ0) is 47.4. The normalized spacial score (nSPS) is 18.0. The Morgan fingerprint density at radius 3 is 2.45 bits per heavy atom. The molecule has 1 unspecified atom stereocenters. The van der Waals surface area contributed by atoms with Gasteiger partial charge >= 0.3 is 0 Å². The highest BCUT2D eigenvalue weighted by Gasteiger charge is 2.45. The molecule has 4 aliphatic rings. The lowest BCUT2D eigenvalue weighted by Gasteiger charge is -2.35. The van der Waals surface area contributed by atoms with E-state index in [1.807, 2.05) is 49.0 Å². The van der Waals surface area contributed by atoms with Crippen molar-refractivity contribution in [1.29, 1.82) is 0 Å². The summed E-state index contributed by atoms with van der Waals surface area (Å²) in [6.07, 6.45) is 8.13. The number of anilines is 1. The number of aryl methyl sites for hydroxylation is 1. The van der Waals surface area contributed by atoms with Crippen molar-refractivity contribution in [3.05, 3.63) is 99.9 Å². The first kappa shape index (κ1) is 46.9. The number of carbonyl (C=O) groups excluding carboxylic acids is 7. The van der Waals surface area contributed by atoms with E-state index in [0.29, 0.717) is 55.5 Å². The van der Waals surface area contributed by atoms with Gasteiger partial charge < -0.3 is 15.0 Å². The Morgan fingerprint density at radius 1 is 0.910 bits per heavy atom. The first-order chi connectivity index (χ1) is 32.3. The number of nitrogens with zero attached hydrogens (tertiary/aromatic N) is 6. The molecular weight excluding hydrogens is 853 g/mol. The van der Waals surface area contributed by atoms with Crippen LogP contribution in [0.15, 0.2) is 77.7 Å². The van der Waals surface area contributed by atoms with Gasteiger partial charge in [-0.05, 0) is 106 Å². The third-order valence-corrected chi connectivity index (χ3v) is 13.1. The first-order valence-electron chi connectivity index (χ1n) is 23.3. The molecule has 2 fully saturated rings. The molecule has 0 saturated carbocycles. The van der Waals surface area contributed by atoms with E-state index in [-0.39, 0.29) is 61.4 Å². The number of piperidine rings is 1. The molecule has 2 aromatic heterocycles. The monoisotopic (exact) mass is 910 g/mol. The van der Waals surface area contributed by atoms with Crippen LogP contribution in [0.4, 0.5) is 5.82 Å². The summed E-state index contributed by atoms with van der Waals surface area (Å²) in [7, 11) is 0. The maximum atomic E-state index is 13.9. The van der Waals surface area contributed by atoms with E-state index in [1.54, 1.807) is 24.4 Å². The van der Waals surface area contributed by atoms with Gasteiger partial charge in [-0.3, -0.25) is 53.4 Å². The van der Waals surface area contributed by atoms with Crippen molar-refractivity contribution >= 4 is 57.8 Å². The molecule has 8 rings (SSSR count). The minimum Gasteiger partial charge on any atom is -0.381 e. The highest BCUT2D eigenvalue weighted by Crippen LogP contribution is 2.33. The second-order valence-electron chi connectivity index (χ2n) is 18.2. The molecule has 1 aliphatic carbocycles. The molecule has 4 aromatic rings. The molecule has 0 spiro atoms. The fourth-order valence-electron chi connectivity index (χ4n) is 9.56. The molecular formula is C51H58N8O8. The van der Waals surface area contributed by atoms with E-state index in [9.17, 15) is 33.6 Å². The number of Topliss-reactive ketones (excluding diaryl/α,β-unsaturated/α-hetero) is 2. The number of carbonyl (C=O) groups is 7. The highest BCUT2D eigenvalue weighted by atomic mass is 16.5. The average molecular weight is 911 g/mol. The van der Waals surface area contributed by atoms with E-state index in [0.717, 1.165) is 82.2 Å². The first-order valence-corrected chi connectivity index (χ1v) is 23.3. The minimum absolute atomic E-state index is 0.0213. The van der Waals surface area contributed by atoms with Crippen LogP contribution in [-0.2, 0) is 30.3 Å². The van der Waals surface area contributed by atoms with Crippen molar-refractivity contribution in [2.45, 2.75) is 91.1 Å². The Balaban J connectivity index is 0.761. The van der Waals surface area contributed by atoms with Crippen molar-refractivity contribution in [2.75, 3.05) is 57.4 Å². The molecule has 0 bridgehead atoms. The Labute approximate surface area is 389 Å². The maximum absolute atomic E-state index is 13.9. The summed E-state index contributed by atoms with van der Waals surface area (Å²) in [5.74, 6) is -1.26. The van der Waals surface area contributed by atoms with Gasteiger partial charge in [-0.15, -0.1) is 0 Å². The third kappa shape index (κ3) is 10.3. The number of rotatable bonds is 18. The van der Waals surface area contributed by atoms with Gasteiger partial charge in [-0.25, -0.2) is 4.98 Å². The van der Waals surface area contributed by atoms with Gasteiger partial charge in [0.2, 0.25) is 17.7 Å². The highest BCUT2D eigenvalue weighted by molar-refractivity contribution is 6.24. The van der Waals surface area contributed by atoms with E-state index < -0.39 is 29.7 Å². The number of piperazine rings is 1. The summed E-state index contributed by atoms with van der Waals surface area (Å²) >= 11 is 0. The minimum atomic E-state index is -1.01. The van der Waals surface area contributed by atoms with Crippen LogP contribution in [0, 0.1) is 0 Å². The second kappa shape index (κ2) is 20.5. The lowest BCUT2D eigenvalue weighted by Crippen LogP contribution is -2.54. The number of fused-ring (bicyclic) bond motifs is 2. The molecule has 3 aliphatic heterocycles. The molecule has 5 amide bonds. The van der Waals surface area contributed by atoms with E-state index in [4.69, 9.17) is 9.72 Å². The van der Waals surface area contributed by atoms with Crippen molar-refractivity contribution in [2.24, 2.45) is 0 Å². The zero-order valence-electron chi connectivity index (χ0n) is 38.7. The number of ether oxygens (including phenoxy) is 1. The Bertz CT molecular complexity index is 2690. The van der Waals surface area contributed by atoms with Crippen LogP contribution < -0.4 is 15.5 Å². The van der Waals surface area contributed by atoms with Gasteiger partial charge in [0.25, 0.3) is 11.8 Å². The van der Waals surface area contributed by atoms with Crippen molar-refractivity contribution in [3.63, 3.8) is 0 Å². The topological polar surface area (TPSA) is 193 Å². The number of benzene rings is 2. The molecule has 67 heavy (non-hydrogen) atoms. The van der Waals surface area contributed by atoms with Crippen molar-refractivity contribution in [3.8, 4) is 11.1 Å². The SMILES string of the molecule is CC1=CC(C)=C(CCC(=O)c2cc(-c3ccc(N4CCN(CCNC(=O)CCOCCCc5cccc6c5C(=O)N(C5CCC(=O)NC5=O)C6=O)CC4)nc3)cc3c2cnn3C(C)C)C(=O)C1. The predicted molar refractivity (Wildman–Crippen MR) is 252 cm³/mol. The van der Waals surface area contributed by atoms with E-state index in [1.165, 1.54) is 0 Å². The smallest absolute Gasteiger partial charge is 0.262 e. The van der Waals surface area contributed by atoms with Crippen LogP contribution in [0.2, 0.25) is 0 Å². The standard InChI is InChI=1S/C51H58N8O8/c1-31(2)59-42-28-36(27-39(40(42)30-54-59)43(60)13-11-37-33(4)25-32(3)26-44(37)61)35-10-14-45(53-29-35)57-21-19-56(20-22-57)18-17-52-46(62)16-24-67-23-6-8-34-7-5-9-38-48(34)51(66)58(50(38)65)41-12-15-47(63)55-49(41)64/h5,7,9-10,14,25,27-31,41H,6,8,11-13,15-24,26H2,1-4H3,(H,52,62)(H,55,63,64). The summed E-state index contributed by atoms with van der Waals surface area (Å²) < 4.78 is 7.67. The Morgan fingerprint density at radius 2 is 1.72 bits per heavy atom. The summed E-state index contributed by atoms with van der Waals surface area (Å²) in [5.41, 5.74) is 7.21. The second-order valence-corrected chi connectivity index (χ2v) is 18.2. The molecule has 16 heteroatoms. The van der Waals surface area contributed by atoms with Crippen LogP contribution in [0.25, 0.3) is 22.0 Å². The molecule has 0 radical (unpaired) electrons. The predicted octanol–water partition coefficient (Wildman–Crippen LogP) is 5.56. The Hall–Kier alpha value is -6.65. The molecule has 350 valence electrons. The number of pyridine rings is 1. The van der Waals surface area contributed by atoms with Gasteiger partial charge in [-0.2, -0.15) is 5.10 Å². The molecule has 2 saturated heterocycles. The number of nitrogens with one attached hydrogen (secondary N) is 2. The lowest BCUT2D eigenvalue weighted by atomic mass is 9.88. The largest absolute Gasteiger partial charge is 0.381 e. The van der Waals surface area contributed by atoms with Gasteiger partial charge in [-0.1, -0.05) is 23.8 Å². The van der Waals surface area contributed by atoms with Gasteiger partial charge in [0.15, 0.2) is 11.6 Å². The molecule has 5 heterocycles. The maximum Gasteiger partial charge on any atom is 0.262 e. The number of hydrogen-bond acceptors (Lipinski definition) is 12. The number of ketones is 2. The summed E-state index contributed by atoms with van der Waals surface area (Å²) in [5, 5.41) is 10.6. The van der Waals surface area contributed by atoms with Gasteiger partial charge in [0.05, 0.1) is 29.4 Å². The quantitative estimate of drug-likeness (QED) is 0.0719. The number of hydrogen-bond donors (Lipinski definition) is 2. The van der Waals surface area contributed by atoms with Crippen LogP contribution in [-0.4, -0.2) is 124 Å². The lowest BCUT2D eigenvalue weighted by molar-refractivity contribution is -0.136. The Kier molecular flexibility index (Phi) is 14.3. The van der Waals surface area contributed by atoms with Crippen LogP contribution in [0.3, 0.4) is 0 Å².